The molecule has 1 saturated carbocycles. The molecule has 5 rings (SSSR count). The van der Waals surface area contributed by atoms with Crippen LogP contribution < -0.4 is 5.32 Å². The number of hydrogen-bond donors (Lipinski definition) is 2. The number of carboxylic acid groups (broad SMARTS) is 1. The van der Waals surface area contributed by atoms with Gasteiger partial charge in [-0.15, -0.1) is 0 Å². The Hall–Kier alpha value is -3.03. The van der Waals surface area contributed by atoms with Gasteiger partial charge < -0.3 is 29.4 Å². The summed E-state index contributed by atoms with van der Waals surface area (Å²) in [6.45, 7) is 0.738. The van der Waals surface area contributed by atoms with E-state index in [2.05, 4.69) is 27.9 Å². The minimum atomic E-state index is -0.753. The molecule has 1 aromatic heterocycles. The maximum Gasteiger partial charge on any atom is 0.306 e. The number of aromatic nitrogens is 1. The Balaban J connectivity index is 1.27. The van der Waals surface area contributed by atoms with Crippen LogP contribution in [-0.2, 0) is 37.0 Å². The number of carbonyl (C=O) groups is 3. The van der Waals surface area contributed by atoms with Crippen molar-refractivity contribution in [3.8, 4) is 0 Å². The average molecular weight is 720 g/mol. The largest absolute Gasteiger partial charge is 0.481 e. The zero-order chi connectivity index (χ0) is 31.4. The summed E-state index contributed by atoms with van der Waals surface area (Å²) in [4.78, 5) is 40.0. The first-order valence-electron chi connectivity index (χ1n) is 15.1. The van der Waals surface area contributed by atoms with E-state index in [1.54, 1.807) is 24.3 Å². The van der Waals surface area contributed by atoms with Crippen LogP contribution in [0.25, 0.3) is 10.9 Å². The Morgan fingerprint density at radius 1 is 1.02 bits per heavy atom. The van der Waals surface area contributed by atoms with Crippen molar-refractivity contribution >= 4 is 57.0 Å². The molecule has 236 valence electrons. The van der Waals surface area contributed by atoms with Crippen LogP contribution >= 0.6 is 22.6 Å². The van der Waals surface area contributed by atoms with Gasteiger partial charge in [0.2, 0.25) is 5.91 Å². The SMILES string of the molecule is COC[C@@H]1CC[C@@H](CO[C@H]2CC[C@H](C(=O)O)CC2)N1C(=O)Cc1cc(CI)c(NC(=O)c2cn(C)c3ccccc23)cc1F. The molecule has 1 saturated heterocycles. The monoisotopic (exact) mass is 719 g/mol. The van der Waals surface area contributed by atoms with Gasteiger partial charge in [-0.25, -0.2) is 4.39 Å². The van der Waals surface area contributed by atoms with Crippen molar-refractivity contribution < 1.29 is 33.4 Å². The van der Waals surface area contributed by atoms with E-state index in [0.717, 1.165) is 29.3 Å². The third-order valence-electron chi connectivity index (χ3n) is 8.96. The third-order valence-corrected chi connectivity index (χ3v) is 9.78. The Bertz CT molecular complexity index is 1520. The predicted molar refractivity (Wildman–Crippen MR) is 174 cm³/mol. The maximum atomic E-state index is 15.5. The van der Waals surface area contributed by atoms with E-state index in [4.69, 9.17) is 9.47 Å². The van der Waals surface area contributed by atoms with E-state index in [0.29, 0.717) is 54.6 Å². The second-order valence-corrected chi connectivity index (χ2v) is 12.6. The fourth-order valence-corrected chi connectivity index (χ4v) is 7.24. The Morgan fingerprint density at radius 3 is 2.41 bits per heavy atom. The van der Waals surface area contributed by atoms with Gasteiger partial charge in [-0.2, -0.15) is 0 Å². The molecule has 0 unspecified atom stereocenters. The average Bonchev–Trinajstić information content (AvgIpc) is 3.58. The van der Waals surface area contributed by atoms with Gasteiger partial charge in [-0.05, 0) is 67.9 Å². The summed E-state index contributed by atoms with van der Waals surface area (Å²) in [5, 5.41) is 13.0. The molecule has 2 heterocycles. The highest BCUT2D eigenvalue weighted by Gasteiger charge is 2.38. The molecule has 2 aromatic carbocycles. The maximum absolute atomic E-state index is 15.5. The standard InChI is InChI=1S/C33H39FIN3O6/c1-37-17-27(26-5-3-4-6-30(26)37)32(40)36-29-15-28(34)21(13-22(29)16-35)14-31(39)38-23(18-43-2)9-10-24(38)19-44-25-11-7-20(8-12-25)33(41)42/h3-6,13,15,17,20,23-25H,7-12,14,16,18-19H2,1-2H3,(H,36,40)(H,41,42)/t20-,23-,24-,25-/m0/s1. The lowest BCUT2D eigenvalue weighted by Gasteiger charge is -2.32. The molecule has 1 aliphatic heterocycles. The molecule has 2 N–H and O–H groups in total. The van der Waals surface area contributed by atoms with Gasteiger partial charge in [-0.1, -0.05) is 40.8 Å². The van der Waals surface area contributed by atoms with E-state index < -0.39 is 11.8 Å². The molecule has 9 nitrogen and oxygen atoms in total. The number of para-hydroxylation sites is 1. The van der Waals surface area contributed by atoms with Crippen LogP contribution in [0.1, 0.15) is 60.0 Å². The van der Waals surface area contributed by atoms with Crippen molar-refractivity contribution in [3.63, 3.8) is 0 Å². The lowest BCUT2D eigenvalue weighted by atomic mass is 9.87. The molecule has 44 heavy (non-hydrogen) atoms. The predicted octanol–water partition coefficient (Wildman–Crippen LogP) is 5.71. The summed E-state index contributed by atoms with van der Waals surface area (Å²) < 4.78 is 29.5. The molecule has 2 atom stereocenters. The lowest BCUT2D eigenvalue weighted by molar-refractivity contribution is -0.144. The molecule has 0 bridgehead atoms. The number of fused-ring (bicyclic) bond motifs is 1. The quantitative estimate of drug-likeness (QED) is 0.194. The first-order valence-corrected chi connectivity index (χ1v) is 16.6. The van der Waals surface area contributed by atoms with Crippen LogP contribution in [0.3, 0.4) is 0 Å². The highest BCUT2D eigenvalue weighted by atomic mass is 127. The highest BCUT2D eigenvalue weighted by molar-refractivity contribution is 14.1. The number of alkyl halides is 1. The van der Waals surface area contributed by atoms with Crippen molar-refractivity contribution in [2.75, 3.05) is 25.6 Å². The summed E-state index contributed by atoms with van der Waals surface area (Å²) in [6.07, 6.45) is 5.70. The molecule has 2 aliphatic rings. The van der Waals surface area contributed by atoms with Gasteiger partial charge in [-0.3, -0.25) is 14.4 Å². The number of nitrogens with one attached hydrogen (secondary N) is 1. The first kappa shape index (κ1) is 32.4. The van der Waals surface area contributed by atoms with Gasteiger partial charge in [0.1, 0.15) is 5.82 Å². The van der Waals surface area contributed by atoms with Crippen LogP contribution in [0.5, 0.6) is 0 Å². The molecule has 2 fully saturated rings. The van der Waals surface area contributed by atoms with Gasteiger partial charge in [0, 0.05) is 41.4 Å². The van der Waals surface area contributed by atoms with E-state index in [1.807, 2.05) is 35.9 Å². The van der Waals surface area contributed by atoms with E-state index >= 15 is 4.39 Å². The number of halogens is 2. The zero-order valence-corrected chi connectivity index (χ0v) is 27.2. The normalized spacial score (nSPS) is 22.0. The third kappa shape index (κ3) is 7.10. The van der Waals surface area contributed by atoms with Crippen LogP contribution in [0.4, 0.5) is 10.1 Å². The van der Waals surface area contributed by atoms with Gasteiger partial charge >= 0.3 is 5.97 Å². The number of aliphatic carboxylic acids is 1. The van der Waals surface area contributed by atoms with Gasteiger partial charge in [0.05, 0.1) is 49.3 Å². The topological polar surface area (TPSA) is 110 Å². The Kier molecular flexibility index (Phi) is 10.6. The van der Waals surface area contributed by atoms with Crippen LogP contribution in [-0.4, -0.2) is 70.9 Å². The van der Waals surface area contributed by atoms with Gasteiger partial charge in [0.15, 0.2) is 0 Å². The molecule has 1 aliphatic carbocycles. The lowest BCUT2D eigenvalue weighted by Crippen LogP contribution is -2.46. The number of rotatable bonds is 11. The summed E-state index contributed by atoms with van der Waals surface area (Å²) in [7, 11) is 3.48. The Morgan fingerprint density at radius 2 is 1.73 bits per heavy atom. The molecule has 0 spiro atoms. The van der Waals surface area contributed by atoms with Crippen LogP contribution in [0.2, 0.25) is 0 Å². The fraction of sp³-hybridized carbons (Fsp3) is 0.485. The summed E-state index contributed by atoms with van der Waals surface area (Å²) in [5.41, 5.74) is 2.82. The van der Waals surface area contributed by atoms with Crippen molar-refractivity contribution in [3.05, 3.63) is 65.1 Å². The number of benzene rings is 2. The number of carboxylic acids is 1. The van der Waals surface area contributed by atoms with Crippen molar-refractivity contribution in [2.45, 2.75) is 67.6 Å². The molecule has 0 radical (unpaired) electrons. The second-order valence-electron chi connectivity index (χ2n) is 11.8. The van der Waals surface area contributed by atoms with E-state index in [9.17, 15) is 19.5 Å². The summed E-state index contributed by atoms with van der Waals surface area (Å²) in [6, 6.07) is 10.3. The highest BCUT2D eigenvalue weighted by Crippen LogP contribution is 2.31. The number of carbonyl (C=O) groups excluding carboxylic acids is 2. The smallest absolute Gasteiger partial charge is 0.306 e. The Labute approximate surface area is 270 Å². The second kappa shape index (κ2) is 14.4. The van der Waals surface area contributed by atoms with Crippen molar-refractivity contribution in [1.29, 1.82) is 0 Å². The van der Waals surface area contributed by atoms with Gasteiger partial charge in [0.25, 0.3) is 5.91 Å². The molecular weight excluding hydrogens is 680 g/mol. The van der Waals surface area contributed by atoms with Crippen LogP contribution in [0.15, 0.2) is 42.6 Å². The number of ether oxygens (including phenoxy) is 2. The number of methoxy groups -OCH3 is 1. The summed E-state index contributed by atoms with van der Waals surface area (Å²) >= 11 is 2.17. The molecule has 2 amide bonds. The first-order chi connectivity index (χ1) is 21.2. The van der Waals surface area contributed by atoms with Crippen molar-refractivity contribution in [1.82, 2.24) is 9.47 Å². The zero-order valence-electron chi connectivity index (χ0n) is 25.1. The number of nitrogens with zero attached hydrogens (tertiary/aromatic N) is 2. The van der Waals surface area contributed by atoms with Crippen molar-refractivity contribution in [2.24, 2.45) is 13.0 Å². The minimum Gasteiger partial charge on any atom is -0.481 e. The summed E-state index contributed by atoms with van der Waals surface area (Å²) in [5.74, 6) is -2.14. The van der Waals surface area contributed by atoms with E-state index in [-0.39, 0.29) is 47.9 Å². The number of likely N-dealkylation sites (tertiary alicyclic amines) is 1. The molecule has 3 aromatic rings. The van der Waals surface area contributed by atoms with E-state index in [1.165, 1.54) is 6.07 Å². The number of anilines is 1. The fourth-order valence-electron chi connectivity index (χ4n) is 6.61. The number of amides is 2. The number of aryl methyl sites for hydroxylation is 1. The molecule has 11 heteroatoms. The minimum absolute atomic E-state index is 0.0238. The number of hydrogen-bond acceptors (Lipinski definition) is 5. The van der Waals surface area contributed by atoms with Crippen LogP contribution in [0, 0.1) is 11.7 Å². The molecular formula is C33H39FIN3O6.